The van der Waals surface area contributed by atoms with Crippen LogP contribution in [0.3, 0.4) is 0 Å². The Kier molecular flexibility index (Phi) is 6.18. The van der Waals surface area contributed by atoms with Gasteiger partial charge in [0, 0.05) is 5.70 Å². The predicted octanol–water partition coefficient (Wildman–Crippen LogP) is 5.13. The fourth-order valence-corrected chi connectivity index (χ4v) is 3.63. The zero-order chi connectivity index (χ0) is 19.9. The maximum Gasteiger partial charge on any atom is 0.230 e. The average molecular weight is 383 g/mol. The first-order chi connectivity index (χ1) is 14.3. The van der Waals surface area contributed by atoms with Crippen molar-refractivity contribution in [2.75, 3.05) is 0 Å². The zero-order valence-electron chi connectivity index (χ0n) is 16.4. The second-order valence-electron chi connectivity index (χ2n) is 7.27. The highest BCUT2D eigenvalue weighted by molar-refractivity contribution is 5.82. The molecule has 1 fully saturated rings. The van der Waals surface area contributed by atoms with E-state index in [1.165, 1.54) is 5.56 Å². The normalized spacial score (nSPS) is 17.8. The maximum absolute atomic E-state index is 12.8. The number of hydrogen-bond donors (Lipinski definition) is 0. The number of ether oxygens (including phenoxy) is 1. The largest absolute Gasteiger partial charge is 0.367 e. The minimum atomic E-state index is -0.213. The van der Waals surface area contributed by atoms with E-state index in [9.17, 15) is 4.79 Å². The van der Waals surface area contributed by atoms with Crippen LogP contribution in [0, 0.1) is 0 Å². The van der Waals surface area contributed by atoms with Crippen molar-refractivity contribution in [1.82, 2.24) is 4.90 Å². The van der Waals surface area contributed by atoms with Crippen LogP contribution in [0.5, 0.6) is 0 Å². The molecule has 4 rings (SSSR count). The first-order valence-corrected chi connectivity index (χ1v) is 10.0. The van der Waals surface area contributed by atoms with Gasteiger partial charge in [0.2, 0.25) is 5.91 Å². The number of benzene rings is 3. The van der Waals surface area contributed by atoms with Crippen LogP contribution >= 0.6 is 0 Å². The molecule has 0 aliphatic carbocycles. The molecule has 29 heavy (non-hydrogen) atoms. The van der Waals surface area contributed by atoms with Crippen LogP contribution in [0.15, 0.2) is 103 Å². The van der Waals surface area contributed by atoms with Gasteiger partial charge in [0.1, 0.15) is 6.10 Å². The predicted molar refractivity (Wildman–Crippen MR) is 115 cm³/mol. The summed E-state index contributed by atoms with van der Waals surface area (Å²) in [7, 11) is 0. The van der Waals surface area contributed by atoms with E-state index in [0.29, 0.717) is 19.6 Å². The molecular formula is C26H25NO2. The average Bonchev–Trinajstić information content (AvgIpc) is 3.07. The Bertz CT molecular complexity index is 952. The number of nitrogens with zero attached hydrogens (tertiary/aromatic N) is 1. The zero-order valence-corrected chi connectivity index (χ0v) is 16.4. The molecule has 3 aromatic carbocycles. The lowest BCUT2D eigenvalue weighted by Gasteiger charge is -2.21. The summed E-state index contributed by atoms with van der Waals surface area (Å²) in [5.41, 5.74) is 4.43. The van der Waals surface area contributed by atoms with Crippen LogP contribution in [0.4, 0.5) is 0 Å². The van der Waals surface area contributed by atoms with Gasteiger partial charge in [-0.15, -0.1) is 0 Å². The SMILES string of the molecule is O=C1C[C@H](OCc2ccccc2)/C(=C\Cc2ccccc2)N1Cc1ccccc1. The number of hydrogen-bond acceptors (Lipinski definition) is 2. The molecule has 0 aromatic heterocycles. The van der Waals surface area contributed by atoms with Crippen molar-refractivity contribution in [2.24, 2.45) is 0 Å². The molecular weight excluding hydrogens is 358 g/mol. The molecule has 0 radical (unpaired) electrons. The van der Waals surface area contributed by atoms with Crippen molar-refractivity contribution >= 4 is 5.91 Å². The van der Waals surface area contributed by atoms with Gasteiger partial charge in [0.05, 0.1) is 19.6 Å². The highest BCUT2D eigenvalue weighted by Gasteiger charge is 2.35. The van der Waals surface area contributed by atoms with E-state index in [1.54, 1.807) is 0 Å². The van der Waals surface area contributed by atoms with Gasteiger partial charge < -0.3 is 9.64 Å². The van der Waals surface area contributed by atoms with Crippen LogP contribution in [-0.4, -0.2) is 16.9 Å². The Morgan fingerprint density at radius 3 is 1.97 bits per heavy atom. The van der Waals surface area contributed by atoms with E-state index in [1.807, 2.05) is 71.6 Å². The van der Waals surface area contributed by atoms with Gasteiger partial charge in [-0.25, -0.2) is 0 Å². The van der Waals surface area contributed by atoms with Crippen LogP contribution in [0.1, 0.15) is 23.1 Å². The first-order valence-electron chi connectivity index (χ1n) is 10.0. The van der Waals surface area contributed by atoms with E-state index in [-0.39, 0.29) is 12.0 Å². The Morgan fingerprint density at radius 2 is 1.34 bits per heavy atom. The molecule has 0 saturated carbocycles. The van der Waals surface area contributed by atoms with Crippen LogP contribution in [0.2, 0.25) is 0 Å². The van der Waals surface area contributed by atoms with E-state index in [0.717, 1.165) is 23.2 Å². The molecule has 1 heterocycles. The molecule has 3 heteroatoms. The molecule has 0 unspecified atom stereocenters. The first kappa shape index (κ1) is 19.2. The van der Waals surface area contributed by atoms with Gasteiger partial charge in [-0.1, -0.05) is 97.1 Å². The smallest absolute Gasteiger partial charge is 0.230 e. The van der Waals surface area contributed by atoms with Crippen molar-refractivity contribution in [3.05, 3.63) is 119 Å². The van der Waals surface area contributed by atoms with Crippen molar-refractivity contribution in [3.63, 3.8) is 0 Å². The Hall–Kier alpha value is -3.17. The van der Waals surface area contributed by atoms with E-state index >= 15 is 0 Å². The van der Waals surface area contributed by atoms with Gasteiger partial charge >= 0.3 is 0 Å². The van der Waals surface area contributed by atoms with Gasteiger partial charge in [-0.2, -0.15) is 0 Å². The number of allylic oxidation sites excluding steroid dienone is 1. The number of likely N-dealkylation sites (tertiary alicyclic amines) is 1. The summed E-state index contributed by atoms with van der Waals surface area (Å²) in [4.78, 5) is 14.7. The molecule has 3 nitrogen and oxygen atoms in total. The van der Waals surface area contributed by atoms with Crippen molar-refractivity contribution < 1.29 is 9.53 Å². The van der Waals surface area contributed by atoms with Gasteiger partial charge in [-0.05, 0) is 23.1 Å². The summed E-state index contributed by atoms with van der Waals surface area (Å²) in [6, 6.07) is 30.5. The van der Waals surface area contributed by atoms with Crippen LogP contribution in [0.25, 0.3) is 0 Å². The summed E-state index contributed by atoms with van der Waals surface area (Å²) in [6.07, 6.45) is 3.11. The third kappa shape index (κ3) is 5.01. The van der Waals surface area contributed by atoms with Gasteiger partial charge in [0.15, 0.2) is 0 Å². The molecule has 3 aromatic rings. The summed E-state index contributed by atoms with van der Waals surface area (Å²) in [5, 5.41) is 0. The standard InChI is InChI=1S/C26H25NO2/c28-26-18-25(29-20-23-14-8-3-9-15-23)24(17-16-21-10-4-1-5-11-21)27(26)19-22-12-6-2-7-13-22/h1-15,17,25H,16,18-20H2/b24-17+/t25-/m0/s1. The molecule has 0 N–H and O–H groups in total. The van der Waals surface area contributed by atoms with E-state index in [4.69, 9.17) is 4.74 Å². The summed E-state index contributed by atoms with van der Waals surface area (Å²) in [5.74, 6) is 0.117. The second kappa shape index (κ2) is 9.35. The highest BCUT2D eigenvalue weighted by Crippen LogP contribution is 2.29. The summed E-state index contributed by atoms with van der Waals surface area (Å²) < 4.78 is 6.20. The lowest BCUT2D eigenvalue weighted by molar-refractivity contribution is -0.127. The number of amides is 1. The number of rotatable bonds is 7. The highest BCUT2D eigenvalue weighted by atomic mass is 16.5. The molecule has 1 amide bonds. The van der Waals surface area contributed by atoms with Crippen LogP contribution in [-0.2, 0) is 29.1 Å². The van der Waals surface area contributed by atoms with Crippen molar-refractivity contribution in [3.8, 4) is 0 Å². The molecule has 0 bridgehead atoms. The minimum absolute atomic E-state index is 0.117. The molecule has 1 saturated heterocycles. The summed E-state index contributed by atoms with van der Waals surface area (Å²) in [6.45, 7) is 1.08. The lowest BCUT2D eigenvalue weighted by atomic mass is 10.1. The minimum Gasteiger partial charge on any atom is -0.367 e. The Morgan fingerprint density at radius 1 is 0.793 bits per heavy atom. The van der Waals surface area contributed by atoms with Gasteiger partial charge in [-0.3, -0.25) is 4.79 Å². The monoisotopic (exact) mass is 383 g/mol. The Balaban J connectivity index is 1.54. The number of carbonyl (C=O) groups is 1. The molecule has 1 aliphatic heterocycles. The third-order valence-corrected chi connectivity index (χ3v) is 5.17. The number of carbonyl (C=O) groups excluding carboxylic acids is 1. The third-order valence-electron chi connectivity index (χ3n) is 5.17. The fourth-order valence-electron chi connectivity index (χ4n) is 3.63. The molecule has 0 spiro atoms. The molecule has 1 aliphatic rings. The molecule has 146 valence electrons. The van der Waals surface area contributed by atoms with Crippen molar-refractivity contribution in [1.29, 1.82) is 0 Å². The maximum atomic E-state index is 12.8. The van der Waals surface area contributed by atoms with Crippen molar-refractivity contribution in [2.45, 2.75) is 32.1 Å². The van der Waals surface area contributed by atoms with Crippen LogP contribution < -0.4 is 0 Å². The second-order valence-corrected chi connectivity index (χ2v) is 7.27. The Labute approximate surface area is 172 Å². The fraction of sp³-hybridized carbons (Fsp3) is 0.192. The quantitative estimate of drug-likeness (QED) is 0.566. The summed E-state index contributed by atoms with van der Waals surface area (Å²) >= 11 is 0. The lowest BCUT2D eigenvalue weighted by Crippen LogP contribution is -2.24. The van der Waals surface area contributed by atoms with E-state index in [2.05, 4.69) is 30.3 Å². The van der Waals surface area contributed by atoms with Gasteiger partial charge in [0.25, 0.3) is 0 Å². The van der Waals surface area contributed by atoms with E-state index < -0.39 is 0 Å². The molecule has 1 atom stereocenters. The topological polar surface area (TPSA) is 29.5 Å².